The number of nitrogens with one attached hydrogen (secondary N) is 2. The molecule has 1 amide bonds. The number of fused-ring (bicyclic) bond motifs is 1. The van der Waals surface area contributed by atoms with E-state index in [1.54, 1.807) is 29.8 Å². The van der Waals surface area contributed by atoms with Crippen LogP contribution in [0.5, 0.6) is 5.75 Å². The topological polar surface area (TPSA) is 71.4 Å². The number of rotatable bonds is 7. The molecule has 2 aromatic carbocycles. The normalized spacial score (nSPS) is 13.7. The van der Waals surface area contributed by atoms with Gasteiger partial charge in [-0.25, -0.2) is 9.37 Å². The third kappa shape index (κ3) is 5.73. The number of hydrogen-bond donors (Lipinski definition) is 2. The van der Waals surface area contributed by atoms with Crippen molar-refractivity contribution in [1.82, 2.24) is 19.8 Å². The predicted molar refractivity (Wildman–Crippen MR) is 124 cm³/mol. The van der Waals surface area contributed by atoms with E-state index in [4.69, 9.17) is 4.74 Å². The molecule has 0 spiro atoms. The minimum atomic E-state index is -4.59. The van der Waals surface area contributed by atoms with Crippen LogP contribution < -0.4 is 15.4 Å². The van der Waals surface area contributed by atoms with Gasteiger partial charge in [-0.1, -0.05) is 0 Å². The number of carbonyl (C=O) groups is 1. The molecular weight excluding hydrogens is 466 g/mol. The van der Waals surface area contributed by atoms with Crippen LogP contribution in [0.15, 0.2) is 60.5 Å². The molecular formula is C24H23F4N5O2. The van der Waals surface area contributed by atoms with Crippen molar-refractivity contribution in [2.24, 2.45) is 7.05 Å². The van der Waals surface area contributed by atoms with Gasteiger partial charge in [-0.2, -0.15) is 13.2 Å². The van der Waals surface area contributed by atoms with E-state index in [1.807, 2.05) is 23.3 Å². The summed E-state index contributed by atoms with van der Waals surface area (Å²) in [4.78, 5) is 17.4. The lowest BCUT2D eigenvalue weighted by atomic mass is 10.2. The molecule has 35 heavy (non-hydrogen) atoms. The van der Waals surface area contributed by atoms with Crippen LogP contribution >= 0.6 is 0 Å². The number of amides is 1. The summed E-state index contributed by atoms with van der Waals surface area (Å²) in [5.74, 6) is 0.447. The van der Waals surface area contributed by atoms with Crippen molar-refractivity contribution in [3.05, 3.63) is 71.9 Å². The van der Waals surface area contributed by atoms with Crippen LogP contribution in [0.2, 0.25) is 0 Å². The fourth-order valence-corrected chi connectivity index (χ4v) is 3.54. The third-order valence-electron chi connectivity index (χ3n) is 5.38. The lowest BCUT2D eigenvalue weighted by Gasteiger charge is -2.22. The van der Waals surface area contributed by atoms with Crippen molar-refractivity contribution in [3.63, 3.8) is 0 Å². The summed E-state index contributed by atoms with van der Waals surface area (Å²) in [6.07, 6.45) is 0.999. The van der Waals surface area contributed by atoms with E-state index in [0.29, 0.717) is 54.3 Å². The Morgan fingerprint density at radius 2 is 2.00 bits per heavy atom. The first-order valence-electron chi connectivity index (χ1n) is 10.7. The summed E-state index contributed by atoms with van der Waals surface area (Å²) in [6.45, 7) is 3.30. The molecule has 4 rings (SSSR count). The highest BCUT2D eigenvalue weighted by molar-refractivity contribution is 5.81. The standard InChI is InChI=1S/C24H23F4N5O2/c1-15(34)29-9-12-33-10-7-17(8-11-33)35-18-4-6-22-21(14-18)31-23(32(22)2)30-20-13-16(24(26,27)28)3-5-19(20)25/h3-8,10,13-14H,9,11-12H2,1-2H3,(H,29,34)(H,30,31). The fourth-order valence-electron chi connectivity index (χ4n) is 3.54. The maximum atomic E-state index is 14.2. The number of nitrogens with zero attached hydrogens (tertiary/aromatic N) is 3. The fraction of sp³-hybridized carbons (Fsp3) is 0.250. The van der Waals surface area contributed by atoms with Gasteiger partial charge in [0.1, 0.15) is 17.3 Å². The van der Waals surface area contributed by atoms with Crippen molar-refractivity contribution in [3.8, 4) is 5.75 Å². The average Bonchev–Trinajstić information content (AvgIpc) is 3.10. The molecule has 3 aromatic rings. The Hall–Kier alpha value is -4.02. The van der Waals surface area contributed by atoms with Crippen molar-refractivity contribution in [1.29, 1.82) is 0 Å². The Labute approximate surface area is 198 Å². The van der Waals surface area contributed by atoms with Crippen LogP contribution in [0.25, 0.3) is 11.0 Å². The van der Waals surface area contributed by atoms with Gasteiger partial charge in [-0.05, 0) is 42.5 Å². The zero-order valence-electron chi connectivity index (χ0n) is 19.0. The monoisotopic (exact) mass is 489 g/mol. The van der Waals surface area contributed by atoms with Crippen LogP contribution in [0.1, 0.15) is 12.5 Å². The highest BCUT2D eigenvalue weighted by atomic mass is 19.4. The molecule has 0 atom stereocenters. The quantitative estimate of drug-likeness (QED) is 0.471. The van der Waals surface area contributed by atoms with Gasteiger partial charge >= 0.3 is 6.18 Å². The van der Waals surface area contributed by atoms with Crippen LogP contribution in [-0.4, -0.2) is 40.0 Å². The lowest BCUT2D eigenvalue weighted by molar-refractivity contribution is -0.137. The van der Waals surface area contributed by atoms with E-state index in [9.17, 15) is 22.4 Å². The molecule has 2 heterocycles. The summed E-state index contributed by atoms with van der Waals surface area (Å²) in [5.41, 5.74) is -0.0737. The Balaban J connectivity index is 1.47. The number of alkyl halides is 3. The van der Waals surface area contributed by atoms with Crippen LogP contribution in [-0.2, 0) is 18.0 Å². The SMILES string of the molecule is CC(=O)NCCN1C=CC(Oc2ccc3c(c2)nc(Nc2cc(C(F)(F)F)ccc2F)n3C)=CC1. The van der Waals surface area contributed by atoms with E-state index in [1.165, 1.54) is 6.92 Å². The van der Waals surface area contributed by atoms with Gasteiger partial charge in [0.25, 0.3) is 0 Å². The highest BCUT2D eigenvalue weighted by Crippen LogP contribution is 2.33. The van der Waals surface area contributed by atoms with Gasteiger partial charge < -0.3 is 24.8 Å². The number of imidazole rings is 1. The van der Waals surface area contributed by atoms with E-state index >= 15 is 0 Å². The minimum absolute atomic E-state index is 0.0752. The molecule has 1 aliphatic rings. The van der Waals surface area contributed by atoms with Gasteiger partial charge in [-0.3, -0.25) is 4.79 Å². The summed E-state index contributed by atoms with van der Waals surface area (Å²) in [7, 11) is 1.67. The second-order valence-electron chi connectivity index (χ2n) is 7.96. The molecule has 0 aliphatic carbocycles. The number of halogens is 4. The van der Waals surface area contributed by atoms with Crippen LogP contribution in [0.4, 0.5) is 29.2 Å². The first-order valence-corrected chi connectivity index (χ1v) is 10.7. The minimum Gasteiger partial charge on any atom is -0.458 e. The number of benzene rings is 2. The molecule has 184 valence electrons. The number of ether oxygens (including phenoxy) is 1. The Morgan fingerprint density at radius 1 is 1.20 bits per heavy atom. The molecule has 7 nitrogen and oxygen atoms in total. The van der Waals surface area contributed by atoms with Gasteiger partial charge in [0.15, 0.2) is 0 Å². The molecule has 0 bridgehead atoms. The molecule has 2 N–H and O–H groups in total. The Bertz CT molecular complexity index is 1310. The molecule has 1 aromatic heterocycles. The molecule has 1 aliphatic heterocycles. The summed E-state index contributed by atoms with van der Waals surface area (Å²) in [5, 5.41) is 5.40. The van der Waals surface area contributed by atoms with E-state index in [-0.39, 0.29) is 17.5 Å². The zero-order valence-corrected chi connectivity index (χ0v) is 19.0. The number of anilines is 2. The highest BCUT2D eigenvalue weighted by Gasteiger charge is 2.31. The largest absolute Gasteiger partial charge is 0.458 e. The molecule has 0 fully saturated rings. The smallest absolute Gasteiger partial charge is 0.416 e. The molecule has 0 unspecified atom stereocenters. The molecule has 0 saturated heterocycles. The summed E-state index contributed by atoms with van der Waals surface area (Å²) < 4.78 is 60.7. The number of allylic oxidation sites excluding steroid dienone is 1. The van der Waals surface area contributed by atoms with Crippen molar-refractivity contribution < 1.29 is 27.1 Å². The van der Waals surface area contributed by atoms with Gasteiger partial charge in [0.05, 0.1) is 22.3 Å². The van der Waals surface area contributed by atoms with Crippen molar-refractivity contribution in [2.45, 2.75) is 13.1 Å². The maximum absolute atomic E-state index is 14.2. The molecule has 0 radical (unpaired) electrons. The van der Waals surface area contributed by atoms with E-state index in [2.05, 4.69) is 15.6 Å². The molecule has 0 saturated carbocycles. The second kappa shape index (κ2) is 9.69. The lowest BCUT2D eigenvalue weighted by Crippen LogP contribution is -2.32. The summed E-state index contributed by atoms with van der Waals surface area (Å²) >= 11 is 0. The number of aromatic nitrogens is 2. The average molecular weight is 489 g/mol. The predicted octanol–water partition coefficient (Wildman–Crippen LogP) is 4.70. The second-order valence-corrected chi connectivity index (χ2v) is 7.96. The van der Waals surface area contributed by atoms with Crippen molar-refractivity contribution >= 4 is 28.6 Å². The maximum Gasteiger partial charge on any atom is 0.416 e. The van der Waals surface area contributed by atoms with E-state index in [0.717, 1.165) is 6.07 Å². The number of aryl methyl sites for hydroxylation is 1. The van der Waals surface area contributed by atoms with Gasteiger partial charge in [-0.15, -0.1) is 0 Å². The third-order valence-corrected chi connectivity index (χ3v) is 5.38. The Morgan fingerprint density at radius 3 is 2.69 bits per heavy atom. The van der Waals surface area contributed by atoms with E-state index < -0.39 is 17.6 Å². The van der Waals surface area contributed by atoms with Gasteiger partial charge in [0.2, 0.25) is 11.9 Å². The first kappa shape index (κ1) is 24.1. The summed E-state index contributed by atoms with van der Waals surface area (Å²) in [6, 6.07) is 7.38. The Kier molecular flexibility index (Phi) is 6.68. The molecule has 11 heteroatoms. The first-order chi connectivity index (χ1) is 16.6. The zero-order chi connectivity index (χ0) is 25.2. The van der Waals surface area contributed by atoms with Crippen molar-refractivity contribution in [2.75, 3.05) is 25.0 Å². The van der Waals surface area contributed by atoms with Crippen LogP contribution in [0, 0.1) is 5.82 Å². The number of hydrogen-bond acceptors (Lipinski definition) is 5. The van der Waals surface area contributed by atoms with Gasteiger partial charge in [0, 0.05) is 45.9 Å². The van der Waals surface area contributed by atoms with Crippen LogP contribution in [0.3, 0.4) is 0 Å². The number of carbonyl (C=O) groups excluding carboxylic acids is 1.